The number of aliphatic carboxylic acids is 1. The molecule has 14 heavy (non-hydrogen) atoms. The predicted molar refractivity (Wildman–Crippen MR) is 50.0 cm³/mol. The largest absolute Gasteiger partial charge is 0.508 e. The number of phenols is 1. The lowest BCUT2D eigenvalue weighted by atomic mass is 10.1. The average molecular weight is 193 g/mol. The molecule has 1 fully saturated rings. The molecule has 0 amide bonds. The fourth-order valence-corrected chi connectivity index (χ4v) is 1.67. The van der Waals surface area contributed by atoms with Crippen molar-refractivity contribution in [3.05, 3.63) is 29.8 Å². The number of carboxylic acids is 1. The summed E-state index contributed by atoms with van der Waals surface area (Å²) in [5.41, 5.74) is 5.29. The minimum Gasteiger partial charge on any atom is -0.508 e. The van der Waals surface area contributed by atoms with Crippen LogP contribution >= 0.6 is 0 Å². The minimum atomic E-state index is -1.13. The van der Waals surface area contributed by atoms with Crippen LogP contribution in [0.1, 0.15) is 17.9 Å². The molecule has 2 unspecified atom stereocenters. The highest BCUT2D eigenvalue weighted by Crippen LogP contribution is 2.49. The summed E-state index contributed by atoms with van der Waals surface area (Å²) in [5, 5.41) is 18.0. The summed E-state index contributed by atoms with van der Waals surface area (Å²) in [6.45, 7) is 0. The molecule has 1 aromatic carbocycles. The molecule has 0 aromatic heterocycles. The van der Waals surface area contributed by atoms with Gasteiger partial charge in [0.15, 0.2) is 0 Å². The van der Waals surface area contributed by atoms with E-state index in [0.717, 1.165) is 5.56 Å². The first kappa shape index (κ1) is 9.02. The Balaban J connectivity index is 2.25. The smallest absolute Gasteiger partial charge is 0.324 e. The average Bonchev–Trinajstić information content (AvgIpc) is 2.80. The van der Waals surface area contributed by atoms with Gasteiger partial charge in [0.1, 0.15) is 11.3 Å². The number of hydrogen-bond donors (Lipinski definition) is 3. The van der Waals surface area contributed by atoms with Crippen LogP contribution in [0, 0.1) is 0 Å². The summed E-state index contributed by atoms with van der Waals surface area (Å²) in [5.74, 6) is -1.01. The van der Waals surface area contributed by atoms with Gasteiger partial charge in [0.05, 0.1) is 0 Å². The van der Waals surface area contributed by atoms with Crippen molar-refractivity contribution >= 4 is 5.97 Å². The van der Waals surface area contributed by atoms with Crippen molar-refractivity contribution in [3.63, 3.8) is 0 Å². The molecule has 1 saturated carbocycles. The van der Waals surface area contributed by atoms with Gasteiger partial charge in [-0.3, -0.25) is 4.79 Å². The van der Waals surface area contributed by atoms with Gasteiger partial charge < -0.3 is 15.9 Å². The third-order valence-electron chi connectivity index (χ3n) is 2.67. The van der Waals surface area contributed by atoms with Crippen LogP contribution in [-0.2, 0) is 4.79 Å². The Bertz CT molecular complexity index is 391. The van der Waals surface area contributed by atoms with Crippen LogP contribution in [0.2, 0.25) is 0 Å². The van der Waals surface area contributed by atoms with E-state index in [4.69, 9.17) is 10.8 Å². The third kappa shape index (κ3) is 1.24. The fourth-order valence-electron chi connectivity index (χ4n) is 1.67. The number of aromatic hydroxyl groups is 1. The van der Waals surface area contributed by atoms with Crippen LogP contribution in [0.15, 0.2) is 24.3 Å². The molecule has 0 heterocycles. The lowest BCUT2D eigenvalue weighted by Crippen LogP contribution is -2.34. The van der Waals surface area contributed by atoms with Crippen LogP contribution in [-0.4, -0.2) is 21.7 Å². The van der Waals surface area contributed by atoms with Gasteiger partial charge in [-0.2, -0.15) is 0 Å². The molecular weight excluding hydrogens is 182 g/mol. The molecule has 0 radical (unpaired) electrons. The molecule has 2 rings (SSSR count). The zero-order valence-corrected chi connectivity index (χ0v) is 7.47. The van der Waals surface area contributed by atoms with E-state index in [2.05, 4.69) is 0 Å². The lowest BCUT2D eigenvalue weighted by Gasteiger charge is -2.05. The molecule has 1 aliphatic carbocycles. The van der Waals surface area contributed by atoms with E-state index in [-0.39, 0.29) is 11.7 Å². The van der Waals surface area contributed by atoms with Crippen LogP contribution in [0.4, 0.5) is 0 Å². The number of nitrogens with two attached hydrogens (primary N) is 1. The molecule has 0 aliphatic heterocycles. The van der Waals surface area contributed by atoms with Gasteiger partial charge in [-0.1, -0.05) is 12.1 Å². The molecule has 0 saturated heterocycles. The minimum absolute atomic E-state index is 0.141. The summed E-state index contributed by atoms with van der Waals surface area (Å²) in [7, 11) is 0. The maximum atomic E-state index is 10.8. The van der Waals surface area contributed by atoms with Gasteiger partial charge >= 0.3 is 5.97 Å². The van der Waals surface area contributed by atoms with E-state index < -0.39 is 11.5 Å². The number of carboxylic acid groups (broad SMARTS) is 1. The molecule has 1 aromatic rings. The molecule has 4 N–H and O–H groups in total. The van der Waals surface area contributed by atoms with Crippen molar-refractivity contribution < 1.29 is 15.0 Å². The Morgan fingerprint density at radius 3 is 2.79 bits per heavy atom. The first-order chi connectivity index (χ1) is 6.54. The van der Waals surface area contributed by atoms with Gasteiger partial charge in [0, 0.05) is 5.92 Å². The Hall–Kier alpha value is -1.55. The van der Waals surface area contributed by atoms with E-state index in [0.29, 0.717) is 6.42 Å². The summed E-state index contributed by atoms with van der Waals surface area (Å²) in [6, 6.07) is 6.57. The first-order valence-corrected chi connectivity index (χ1v) is 4.35. The summed E-state index contributed by atoms with van der Waals surface area (Å²) < 4.78 is 0. The lowest BCUT2D eigenvalue weighted by molar-refractivity contribution is -0.139. The zero-order chi connectivity index (χ0) is 10.3. The standard InChI is InChI=1S/C10H11NO3/c11-10(9(13)14)5-8(10)6-2-1-3-7(12)4-6/h1-4,8,12H,5,11H2,(H,13,14). The Morgan fingerprint density at radius 2 is 2.29 bits per heavy atom. The number of rotatable bonds is 2. The number of phenolic OH excluding ortho intramolecular Hbond substituents is 1. The van der Waals surface area contributed by atoms with Crippen molar-refractivity contribution in [1.82, 2.24) is 0 Å². The van der Waals surface area contributed by atoms with Crippen molar-refractivity contribution in [1.29, 1.82) is 0 Å². The second-order valence-electron chi connectivity index (χ2n) is 3.70. The highest BCUT2D eigenvalue weighted by Gasteiger charge is 2.58. The normalized spacial score (nSPS) is 29.9. The van der Waals surface area contributed by atoms with Crippen LogP contribution in [0.5, 0.6) is 5.75 Å². The van der Waals surface area contributed by atoms with Gasteiger partial charge in [-0.05, 0) is 24.1 Å². The highest BCUT2D eigenvalue weighted by molar-refractivity contribution is 5.84. The van der Waals surface area contributed by atoms with Crippen molar-refractivity contribution in [2.24, 2.45) is 5.73 Å². The zero-order valence-electron chi connectivity index (χ0n) is 7.47. The van der Waals surface area contributed by atoms with Gasteiger partial charge in [-0.25, -0.2) is 0 Å². The Kier molecular flexibility index (Phi) is 1.75. The van der Waals surface area contributed by atoms with E-state index in [1.54, 1.807) is 24.3 Å². The molecule has 1 aliphatic rings. The molecule has 2 atom stereocenters. The molecule has 0 spiro atoms. The fraction of sp³-hybridized carbons (Fsp3) is 0.300. The summed E-state index contributed by atoms with van der Waals surface area (Å²) >= 11 is 0. The van der Waals surface area contributed by atoms with Crippen LogP contribution in [0.25, 0.3) is 0 Å². The molecule has 74 valence electrons. The maximum absolute atomic E-state index is 10.8. The van der Waals surface area contributed by atoms with Crippen LogP contribution < -0.4 is 5.73 Å². The second-order valence-corrected chi connectivity index (χ2v) is 3.70. The number of carbonyl (C=O) groups is 1. The first-order valence-electron chi connectivity index (χ1n) is 4.35. The summed E-state index contributed by atoms with van der Waals surface area (Å²) in [4.78, 5) is 10.8. The summed E-state index contributed by atoms with van der Waals surface area (Å²) in [6.07, 6.45) is 0.436. The van der Waals surface area contributed by atoms with E-state index >= 15 is 0 Å². The van der Waals surface area contributed by atoms with Crippen molar-refractivity contribution in [3.8, 4) is 5.75 Å². The highest BCUT2D eigenvalue weighted by atomic mass is 16.4. The monoisotopic (exact) mass is 193 g/mol. The number of hydrogen-bond acceptors (Lipinski definition) is 3. The third-order valence-corrected chi connectivity index (χ3v) is 2.67. The molecule has 0 bridgehead atoms. The Morgan fingerprint density at radius 1 is 1.57 bits per heavy atom. The van der Waals surface area contributed by atoms with Gasteiger partial charge in [0.25, 0.3) is 0 Å². The maximum Gasteiger partial charge on any atom is 0.324 e. The number of benzene rings is 1. The predicted octanol–water partition coefficient (Wildman–Crippen LogP) is 0.662. The topological polar surface area (TPSA) is 83.6 Å². The SMILES string of the molecule is NC1(C(=O)O)CC1c1cccc(O)c1. The van der Waals surface area contributed by atoms with Gasteiger partial charge in [0.2, 0.25) is 0 Å². The quantitative estimate of drug-likeness (QED) is 0.644. The van der Waals surface area contributed by atoms with E-state index in [1.165, 1.54) is 0 Å². The van der Waals surface area contributed by atoms with E-state index in [9.17, 15) is 9.90 Å². The Labute approximate surface area is 81.0 Å². The van der Waals surface area contributed by atoms with Crippen molar-refractivity contribution in [2.45, 2.75) is 17.9 Å². The van der Waals surface area contributed by atoms with E-state index in [1.807, 2.05) is 0 Å². The molecular formula is C10H11NO3. The second kappa shape index (κ2) is 2.72. The van der Waals surface area contributed by atoms with Crippen molar-refractivity contribution in [2.75, 3.05) is 0 Å². The van der Waals surface area contributed by atoms with Crippen LogP contribution in [0.3, 0.4) is 0 Å². The molecule has 4 heteroatoms. The molecule has 4 nitrogen and oxygen atoms in total. The van der Waals surface area contributed by atoms with Gasteiger partial charge in [-0.15, -0.1) is 0 Å².